The van der Waals surface area contributed by atoms with Crippen LogP contribution in [0.25, 0.3) is 0 Å². The summed E-state index contributed by atoms with van der Waals surface area (Å²) >= 11 is 1.66. The van der Waals surface area contributed by atoms with Crippen LogP contribution in [0.2, 0.25) is 0 Å². The van der Waals surface area contributed by atoms with E-state index < -0.39 is 6.03 Å². The highest BCUT2D eigenvalue weighted by atomic mass is 32.1. The molecular formula is C19H23N3O2S. The molecule has 6 heteroatoms. The lowest BCUT2D eigenvalue weighted by Gasteiger charge is -2.36. The Morgan fingerprint density at radius 3 is 2.88 bits per heavy atom. The van der Waals surface area contributed by atoms with Crippen LogP contribution in [0.15, 0.2) is 41.8 Å². The molecule has 1 aliphatic rings. The second-order valence-corrected chi connectivity index (χ2v) is 7.31. The van der Waals surface area contributed by atoms with Crippen molar-refractivity contribution in [3.05, 3.63) is 52.2 Å². The average Bonchev–Trinajstić information content (AvgIpc) is 3.11. The number of carbonyl (C=O) groups is 2. The lowest BCUT2D eigenvalue weighted by molar-refractivity contribution is -0.118. The van der Waals surface area contributed by atoms with Crippen molar-refractivity contribution < 1.29 is 9.59 Å². The number of para-hydroxylation sites is 1. The molecule has 2 aromatic rings. The first kappa shape index (κ1) is 17.5. The highest BCUT2D eigenvalue weighted by molar-refractivity contribution is 7.09. The van der Waals surface area contributed by atoms with Crippen LogP contribution in [-0.4, -0.2) is 31.1 Å². The van der Waals surface area contributed by atoms with Crippen LogP contribution in [0.4, 0.5) is 10.5 Å². The number of benzene rings is 1. The van der Waals surface area contributed by atoms with Crippen molar-refractivity contribution in [2.24, 2.45) is 0 Å². The summed E-state index contributed by atoms with van der Waals surface area (Å²) in [6.45, 7) is 2.82. The fourth-order valence-electron chi connectivity index (χ4n) is 3.12. The zero-order valence-electron chi connectivity index (χ0n) is 14.3. The minimum atomic E-state index is -0.431. The van der Waals surface area contributed by atoms with Gasteiger partial charge in [0.05, 0.1) is 6.54 Å². The van der Waals surface area contributed by atoms with Gasteiger partial charge < -0.3 is 10.2 Å². The molecule has 0 spiro atoms. The van der Waals surface area contributed by atoms with Gasteiger partial charge >= 0.3 is 6.03 Å². The van der Waals surface area contributed by atoms with E-state index in [0.717, 1.165) is 24.9 Å². The van der Waals surface area contributed by atoms with Gasteiger partial charge in [0.2, 0.25) is 5.91 Å². The highest BCUT2D eigenvalue weighted by Crippen LogP contribution is 2.29. The van der Waals surface area contributed by atoms with Crippen LogP contribution in [0, 0.1) is 0 Å². The van der Waals surface area contributed by atoms with E-state index in [1.807, 2.05) is 35.7 Å². The summed E-state index contributed by atoms with van der Waals surface area (Å²) in [6, 6.07) is 12.0. The van der Waals surface area contributed by atoms with Crippen molar-refractivity contribution in [3.8, 4) is 0 Å². The number of nitrogens with zero attached hydrogens (tertiary/aromatic N) is 1. The Hall–Kier alpha value is -2.34. The monoisotopic (exact) mass is 357 g/mol. The Labute approximate surface area is 152 Å². The number of hydrogen-bond donors (Lipinski definition) is 2. The van der Waals surface area contributed by atoms with Crippen LogP contribution in [0.3, 0.4) is 0 Å². The number of anilines is 1. The predicted molar refractivity (Wildman–Crippen MR) is 101 cm³/mol. The van der Waals surface area contributed by atoms with Crippen molar-refractivity contribution in [1.29, 1.82) is 0 Å². The van der Waals surface area contributed by atoms with E-state index >= 15 is 0 Å². The number of urea groups is 1. The Morgan fingerprint density at radius 2 is 2.08 bits per heavy atom. The van der Waals surface area contributed by atoms with E-state index in [4.69, 9.17) is 0 Å². The van der Waals surface area contributed by atoms with Crippen LogP contribution >= 0.6 is 11.3 Å². The minimum Gasteiger partial charge on any atom is -0.359 e. The van der Waals surface area contributed by atoms with Crippen molar-refractivity contribution in [2.75, 3.05) is 18.0 Å². The number of imide groups is 1. The van der Waals surface area contributed by atoms with Crippen molar-refractivity contribution in [3.63, 3.8) is 0 Å². The molecule has 3 amide bonds. The number of aryl methyl sites for hydroxylation is 1. The third kappa shape index (κ3) is 4.60. The Morgan fingerprint density at radius 1 is 1.24 bits per heavy atom. The molecule has 132 valence electrons. The summed E-state index contributed by atoms with van der Waals surface area (Å²) in [6.07, 6.45) is 2.81. The summed E-state index contributed by atoms with van der Waals surface area (Å²) in [7, 11) is 0. The van der Waals surface area contributed by atoms with Gasteiger partial charge in [-0.3, -0.25) is 10.1 Å². The molecule has 0 bridgehead atoms. The topological polar surface area (TPSA) is 61.4 Å². The quantitative estimate of drug-likeness (QED) is 0.865. The number of nitrogens with one attached hydrogen (secondary N) is 2. The molecule has 3 rings (SSSR count). The SMILES string of the molecule is C[C@H]1CCc2ccccc2N1CC(=O)NC(=O)NCCc1cccs1. The van der Waals surface area contributed by atoms with Crippen molar-refractivity contribution >= 4 is 29.0 Å². The standard InChI is InChI=1S/C19H23N3O2S/c1-14-8-9-15-5-2-3-7-17(15)22(14)13-18(23)21-19(24)20-11-10-16-6-4-12-25-16/h2-7,12,14H,8-11,13H2,1H3,(H2,20,21,23,24)/t14-/m0/s1. The van der Waals surface area contributed by atoms with Gasteiger partial charge in [-0.05, 0) is 49.3 Å². The molecular weight excluding hydrogens is 334 g/mol. The number of carbonyl (C=O) groups excluding carboxylic acids is 2. The molecule has 0 unspecified atom stereocenters. The number of amides is 3. The summed E-state index contributed by atoms with van der Waals surface area (Å²) in [5.74, 6) is -0.280. The number of thiophene rings is 1. The van der Waals surface area contributed by atoms with Gasteiger partial charge in [0.25, 0.3) is 0 Å². The Kier molecular flexibility index (Phi) is 5.71. The molecule has 2 heterocycles. The number of hydrogen-bond acceptors (Lipinski definition) is 4. The first-order chi connectivity index (χ1) is 12.1. The third-order valence-corrected chi connectivity index (χ3v) is 5.40. The second-order valence-electron chi connectivity index (χ2n) is 6.28. The van der Waals surface area contributed by atoms with Gasteiger partial charge in [-0.1, -0.05) is 24.3 Å². The van der Waals surface area contributed by atoms with E-state index in [1.165, 1.54) is 10.4 Å². The Bertz CT molecular complexity index is 730. The van der Waals surface area contributed by atoms with Crippen LogP contribution in [0.1, 0.15) is 23.8 Å². The van der Waals surface area contributed by atoms with Crippen LogP contribution < -0.4 is 15.5 Å². The maximum Gasteiger partial charge on any atom is 0.321 e. The maximum absolute atomic E-state index is 12.3. The summed E-state index contributed by atoms with van der Waals surface area (Å²) < 4.78 is 0. The zero-order valence-corrected chi connectivity index (χ0v) is 15.1. The van der Waals surface area contributed by atoms with Gasteiger partial charge in [0, 0.05) is 23.2 Å². The van der Waals surface area contributed by atoms with E-state index in [2.05, 4.69) is 28.5 Å². The van der Waals surface area contributed by atoms with E-state index in [-0.39, 0.29) is 18.5 Å². The largest absolute Gasteiger partial charge is 0.359 e. The number of fused-ring (bicyclic) bond motifs is 1. The van der Waals surface area contributed by atoms with Gasteiger partial charge in [0.1, 0.15) is 0 Å². The molecule has 5 nitrogen and oxygen atoms in total. The minimum absolute atomic E-state index is 0.191. The van der Waals surface area contributed by atoms with Crippen molar-refractivity contribution in [2.45, 2.75) is 32.2 Å². The molecule has 0 fully saturated rings. The predicted octanol–water partition coefficient (Wildman–Crippen LogP) is 2.96. The molecule has 1 atom stereocenters. The van der Waals surface area contributed by atoms with Gasteiger partial charge in [-0.15, -0.1) is 11.3 Å². The van der Waals surface area contributed by atoms with E-state index in [9.17, 15) is 9.59 Å². The summed E-state index contributed by atoms with van der Waals surface area (Å²) in [5, 5.41) is 7.18. The van der Waals surface area contributed by atoms with Crippen LogP contribution in [-0.2, 0) is 17.6 Å². The van der Waals surface area contributed by atoms with E-state index in [0.29, 0.717) is 6.54 Å². The molecule has 25 heavy (non-hydrogen) atoms. The van der Waals surface area contributed by atoms with Gasteiger partial charge in [0.15, 0.2) is 0 Å². The zero-order chi connectivity index (χ0) is 17.6. The van der Waals surface area contributed by atoms with Crippen molar-refractivity contribution in [1.82, 2.24) is 10.6 Å². The average molecular weight is 357 g/mol. The molecule has 1 aromatic carbocycles. The smallest absolute Gasteiger partial charge is 0.321 e. The van der Waals surface area contributed by atoms with E-state index in [1.54, 1.807) is 11.3 Å². The van der Waals surface area contributed by atoms with Crippen LogP contribution in [0.5, 0.6) is 0 Å². The summed E-state index contributed by atoms with van der Waals surface area (Å²) in [5.41, 5.74) is 2.35. The highest BCUT2D eigenvalue weighted by Gasteiger charge is 2.24. The Balaban J connectivity index is 1.49. The number of rotatable bonds is 5. The maximum atomic E-state index is 12.3. The van der Waals surface area contributed by atoms with Gasteiger partial charge in [-0.2, -0.15) is 0 Å². The molecule has 0 radical (unpaired) electrons. The van der Waals surface area contributed by atoms with Gasteiger partial charge in [-0.25, -0.2) is 4.79 Å². The fraction of sp³-hybridized carbons (Fsp3) is 0.368. The molecule has 2 N–H and O–H groups in total. The molecule has 1 aliphatic heterocycles. The molecule has 0 aliphatic carbocycles. The fourth-order valence-corrected chi connectivity index (χ4v) is 3.83. The third-order valence-electron chi connectivity index (χ3n) is 4.47. The lowest BCUT2D eigenvalue weighted by Crippen LogP contribution is -2.48. The molecule has 0 saturated carbocycles. The second kappa shape index (κ2) is 8.16. The normalized spacial score (nSPS) is 16.2. The first-order valence-corrected chi connectivity index (χ1v) is 9.46. The molecule has 0 saturated heterocycles. The summed E-state index contributed by atoms with van der Waals surface area (Å²) in [4.78, 5) is 27.4. The lowest BCUT2D eigenvalue weighted by atomic mass is 9.97. The molecule has 1 aromatic heterocycles. The first-order valence-electron chi connectivity index (χ1n) is 8.58.